The van der Waals surface area contributed by atoms with E-state index in [1.807, 2.05) is 13.8 Å². The van der Waals surface area contributed by atoms with E-state index in [-0.39, 0.29) is 31.4 Å². The van der Waals surface area contributed by atoms with Crippen molar-refractivity contribution < 1.29 is 19.4 Å². The van der Waals surface area contributed by atoms with E-state index < -0.39 is 0 Å². The Hall–Kier alpha value is -1.85. The molecule has 1 aromatic carbocycles. The number of carbonyl (C=O) groups excluding carboxylic acids is 2. The summed E-state index contributed by atoms with van der Waals surface area (Å²) in [5, 5.41) is 9.14. The van der Waals surface area contributed by atoms with E-state index in [1.165, 1.54) is 6.07 Å². The fourth-order valence-corrected chi connectivity index (χ4v) is 2.28. The summed E-state index contributed by atoms with van der Waals surface area (Å²) in [6.45, 7) is 3.55. The number of allylic oxidation sites excluding steroid dienone is 1. The summed E-state index contributed by atoms with van der Waals surface area (Å²) in [6.07, 6.45) is 0.108. The molecule has 1 aliphatic heterocycles. The molecule has 112 valence electrons. The lowest BCUT2D eigenvalue weighted by Crippen LogP contribution is -2.29. The van der Waals surface area contributed by atoms with Crippen LogP contribution in [0, 0.1) is 0 Å². The Bertz CT molecular complexity index is 620. The highest BCUT2D eigenvalue weighted by atomic mass is 35.5. The maximum Gasteiger partial charge on any atom is 0.261 e. The topological polar surface area (TPSA) is 66.8 Å². The Morgan fingerprint density at radius 1 is 1.38 bits per heavy atom. The largest absolute Gasteiger partial charge is 0.490 e. The first kappa shape index (κ1) is 15.5. The molecule has 1 heterocycles. The first-order valence-corrected chi connectivity index (χ1v) is 6.90. The predicted molar refractivity (Wildman–Crippen MR) is 79.5 cm³/mol. The molecule has 0 atom stereocenters. The third-order valence-corrected chi connectivity index (χ3v) is 3.48. The molecular formula is C15H16ClNO4. The molecule has 0 radical (unpaired) electrons. The van der Waals surface area contributed by atoms with Gasteiger partial charge in [-0.15, -0.1) is 0 Å². The SMILES string of the molecule is CC(C)=C1CC(=O)N(c2ccc(Cl)c(OCCO)c2)C1=O. The van der Waals surface area contributed by atoms with E-state index in [2.05, 4.69) is 0 Å². The number of nitrogens with zero attached hydrogens (tertiary/aromatic N) is 1. The minimum atomic E-state index is -0.310. The molecule has 2 amide bonds. The lowest BCUT2D eigenvalue weighted by Gasteiger charge is -2.16. The minimum absolute atomic E-state index is 0.0876. The van der Waals surface area contributed by atoms with E-state index in [0.717, 1.165) is 10.5 Å². The number of aliphatic hydroxyl groups is 1. The number of hydrogen-bond acceptors (Lipinski definition) is 4. The lowest BCUT2D eigenvalue weighted by atomic mass is 10.1. The minimum Gasteiger partial charge on any atom is -0.490 e. The summed E-state index contributed by atoms with van der Waals surface area (Å²) in [5.74, 6) is -0.253. The van der Waals surface area contributed by atoms with Crippen LogP contribution in [0.3, 0.4) is 0 Å². The fraction of sp³-hybridized carbons (Fsp3) is 0.333. The molecular weight excluding hydrogens is 294 g/mol. The highest BCUT2D eigenvalue weighted by molar-refractivity contribution is 6.32. The van der Waals surface area contributed by atoms with Crippen LogP contribution in [0.5, 0.6) is 5.75 Å². The van der Waals surface area contributed by atoms with Gasteiger partial charge in [-0.25, -0.2) is 4.90 Å². The van der Waals surface area contributed by atoms with Gasteiger partial charge in [0.05, 0.1) is 23.7 Å². The monoisotopic (exact) mass is 309 g/mol. The molecule has 1 aromatic rings. The second-order valence-electron chi connectivity index (χ2n) is 4.88. The Morgan fingerprint density at radius 3 is 2.67 bits per heavy atom. The zero-order chi connectivity index (χ0) is 15.6. The Kier molecular flexibility index (Phi) is 4.65. The van der Waals surface area contributed by atoms with E-state index in [4.69, 9.17) is 21.4 Å². The normalized spacial score (nSPS) is 14.9. The van der Waals surface area contributed by atoms with Crippen LogP contribution >= 0.6 is 11.6 Å². The van der Waals surface area contributed by atoms with Crippen molar-refractivity contribution in [1.29, 1.82) is 0 Å². The summed E-state index contributed by atoms with van der Waals surface area (Å²) < 4.78 is 5.29. The Balaban J connectivity index is 2.36. The van der Waals surface area contributed by atoms with Crippen LogP contribution < -0.4 is 9.64 Å². The van der Waals surface area contributed by atoms with Gasteiger partial charge in [-0.3, -0.25) is 9.59 Å². The highest BCUT2D eigenvalue weighted by Gasteiger charge is 2.35. The molecule has 0 aliphatic carbocycles. The van der Waals surface area contributed by atoms with Gasteiger partial charge >= 0.3 is 0 Å². The second-order valence-corrected chi connectivity index (χ2v) is 5.28. The van der Waals surface area contributed by atoms with E-state index in [0.29, 0.717) is 22.0 Å². The van der Waals surface area contributed by atoms with Crippen molar-refractivity contribution in [3.8, 4) is 5.75 Å². The molecule has 6 heteroatoms. The summed E-state index contributed by atoms with van der Waals surface area (Å²) >= 11 is 5.99. The van der Waals surface area contributed by atoms with Crippen LogP contribution in [0.4, 0.5) is 5.69 Å². The number of carbonyl (C=O) groups is 2. The number of ether oxygens (including phenoxy) is 1. The van der Waals surface area contributed by atoms with Crippen LogP contribution in [0.2, 0.25) is 5.02 Å². The molecule has 2 rings (SSSR count). The van der Waals surface area contributed by atoms with E-state index >= 15 is 0 Å². The molecule has 0 aromatic heterocycles. The van der Waals surface area contributed by atoms with Gasteiger partial charge in [-0.05, 0) is 26.0 Å². The summed E-state index contributed by atoms with van der Waals surface area (Å²) in [5.41, 5.74) is 1.77. The van der Waals surface area contributed by atoms with Gasteiger partial charge in [0.25, 0.3) is 5.91 Å². The number of halogens is 1. The van der Waals surface area contributed by atoms with Crippen molar-refractivity contribution in [2.75, 3.05) is 18.1 Å². The Morgan fingerprint density at radius 2 is 2.10 bits per heavy atom. The smallest absolute Gasteiger partial charge is 0.261 e. The molecule has 5 nitrogen and oxygen atoms in total. The number of hydrogen-bond donors (Lipinski definition) is 1. The zero-order valence-corrected chi connectivity index (χ0v) is 12.6. The number of aliphatic hydroxyl groups excluding tert-OH is 1. The third kappa shape index (κ3) is 3.09. The van der Waals surface area contributed by atoms with Gasteiger partial charge < -0.3 is 9.84 Å². The number of benzene rings is 1. The lowest BCUT2D eigenvalue weighted by molar-refractivity contribution is -0.120. The van der Waals surface area contributed by atoms with E-state index in [1.54, 1.807) is 12.1 Å². The molecule has 1 saturated heterocycles. The number of anilines is 1. The number of imide groups is 1. The average Bonchev–Trinajstić information content (AvgIpc) is 2.74. The standard InChI is InChI=1S/C15H16ClNO4/c1-9(2)11-8-14(19)17(15(11)20)10-3-4-12(16)13(7-10)21-6-5-18/h3-4,7,18H,5-6,8H2,1-2H3. The molecule has 1 fully saturated rings. The first-order valence-electron chi connectivity index (χ1n) is 6.52. The van der Waals surface area contributed by atoms with Crippen molar-refractivity contribution in [2.24, 2.45) is 0 Å². The molecule has 0 spiro atoms. The zero-order valence-electron chi connectivity index (χ0n) is 11.9. The first-order chi connectivity index (χ1) is 9.95. The molecule has 1 aliphatic rings. The van der Waals surface area contributed by atoms with Gasteiger partial charge in [0, 0.05) is 11.6 Å². The van der Waals surface area contributed by atoms with Crippen LogP contribution in [0.15, 0.2) is 29.3 Å². The van der Waals surface area contributed by atoms with Gasteiger partial charge in [0.1, 0.15) is 12.4 Å². The number of rotatable bonds is 4. The van der Waals surface area contributed by atoms with Gasteiger partial charge in [-0.2, -0.15) is 0 Å². The van der Waals surface area contributed by atoms with Crippen LogP contribution in [0.25, 0.3) is 0 Å². The summed E-state index contributed by atoms with van der Waals surface area (Å²) in [6, 6.07) is 4.68. The van der Waals surface area contributed by atoms with Gasteiger partial charge in [-0.1, -0.05) is 17.2 Å². The summed E-state index contributed by atoms with van der Waals surface area (Å²) in [7, 11) is 0. The summed E-state index contributed by atoms with van der Waals surface area (Å²) in [4.78, 5) is 25.5. The second kappa shape index (κ2) is 6.28. The number of amides is 2. The molecule has 1 N–H and O–H groups in total. The van der Waals surface area contributed by atoms with Gasteiger partial charge in [0.15, 0.2) is 0 Å². The maximum absolute atomic E-state index is 12.3. The molecule has 0 unspecified atom stereocenters. The molecule has 21 heavy (non-hydrogen) atoms. The Labute approximate surface area is 127 Å². The van der Waals surface area contributed by atoms with Crippen molar-refractivity contribution in [1.82, 2.24) is 0 Å². The highest BCUT2D eigenvalue weighted by Crippen LogP contribution is 2.33. The predicted octanol–water partition coefficient (Wildman–Crippen LogP) is 2.31. The van der Waals surface area contributed by atoms with Crippen LogP contribution in [-0.4, -0.2) is 30.1 Å². The van der Waals surface area contributed by atoms with Crippen molar-refractivity contribution >= 4 is 29.1 Å². The molecule has 0 saturated carbocycles. The van der Waals surface area contributed by atoms with Gasteiger partial charge in [0.2, 0.25) is 5.91 Å². The molecule has 0 bridgehead atoms. The average molecular weight is 310 g/mol. The quantitative estimate of drug-likeness (QED) is 0.684. The van der Waals surface area contributed by atoms with Crippen LogP contribution in [-0.2, 0) is 9.59 Å². The third-order valence-electron chi connectivity index (χ3n) is 3.16. The maximum atomic E-state index is 12.3. The van der Waals surface area contributed by atoms with Crippen molar-refractivity contribution in [3.05, 3.63) is 34.4 Å². The van der Waals surface area contributed by atoms with Crippen LogP contribution in [0.1, 0.15) is 20.3 Å². The fourth-order valence-electron chi connectivity index (χ4n) is 2.10. The van der Waals surface area contributed by atoms with Crippen molar-refractivity contribution in [3.63, 3.8) is 0 Å². The van der Waals surface area contributed by atoms with Crippen molar-refractivity contribution in [2.45, 2.75) is 20.3 Å². The van der Waals surface area contributed by atoms with E-state index in [9.17, 15) is 9.59 Å².